The molecule has 0 amide bonds. The van der Waals surface area contributed by atoms with Gasteiger partial charge in [0.2, 0.25) is 5.88 Å². The molecule has 1 N–H and O–H groups in total. The Bertz CT molecular complexity index is 474. The van der Waals surface area contributed by atoms with Gasteiger partial charge >= 0.3 is 0 Å². The number of methoxy groups -OCH3 is 1. The summed E-state index contributed by atoms with van der Waals surface area (Å²) in [6.07, 6.45) is 0. The number of ether oxygens (including phenoxy) is 1. The van der Waals surface area contributed by atoms with Gasteiger partial charge in [-0.3, -0.25) is 0 Å². The number of hydrogen-bond acceptors (Lipinski definition) is 3. The zero-order valence-corrected chi connectivity index (χ0v) is 9.34. The molecule has 0 fully saturated rings. The number of benzene rings is 1. The molecule has 0 aliphatic heterocycles. The van der Waals surface area contributed by atoms with E-state index in [1.165, 1.54) is 0 Å². The zero-order chi connectivity index (χ0) is 11.5. The van der Waals surface area contributed by atoms with Crippen LogP contribution in [0.1, 0.15) is 11.3 Å². The van der Waals surface area contributed by atoms with Crippen LogP contribution in [-0.2, 0) is 6.54 Å². The summed E-state index contributed by atoms with van der Waals surface area (Å²) >= 11 is 0. The van der Waals surface area contributed by atoms with Gasteiger partial charge in [0.05, 0.1) is 19.3 Å². The molecular formula is C12H14N2O2. The van der Waals surface area contributed by atoms with Crippen LogP contribution in [0.2, 0.25) is 0 Å². The first-order valence-electron chi connectivity index (χ1n) is 5.05. The highest BCUT2D eigenvalue weighted by Crippen LogP contribution is 2.15. The highest BCUT2D eigenvalue weighted by Gasteiger charge is 2.04. The van der Waals surface area contributed by atoms with Gasteiger partial charge in [-0.15, -0.1) is 0 Å². The lowest BCUT2D eigenvalue weighted by atomic mass is 10.2. The van der Waals surface area contributed by atoms with Crippen molar-refractivity contribution in [3.05, 3.63) is 41.6 Å². The Morgan fingerprint density at radius 3 is 2.50 bits per heavy atom. The number of aromatic hydroxyl groups is 1. The molecule has 0 spiro atoms. The van der Waals surface area contributed by atoms with E-state index in [0.29, 0.717) is 6.54 Å². The van der Waals surface area contributed by atoms with Crippen LogP contribution in [0.3, 0.4) is 0 Å². The summed E-state index contributed by atoms with van der Waals surface area (Å²) in [6, 6.07) is 9.33. The highest BCUT2D eigenvalue weighted by molar-refractivity contribution is 5.27. The molecule has 0 atom stereocenters. The van der Waals surface area contributed by atoms with Crippen molar-refractivity contribution in [1.29, 1.82) is 0 Å². The third kappa shape index (κ3) is 2.16. The minimum absolute atomic E-state index is 0.188. The molecule has 0 unspecified atom stereocenters. The van der Waals surface area contributed by atoms with Crippen molar-refractivity contribution in [2.24, 2.45) is 0 Å². The minimum Gasteiger partial charge on any atom is -0.497 e. The molecule has 1 aromatic carbocycles. The van der Waals surface area contributed by atoms with Crippen molar-refractivity contribution >= 4 is 0 Å². The molecule has 1 heterocycles. The first kappa shape index (κ1) is 10.5. The monoisotopic (exact) mass is 218 g/mol. The summed E-state index contributed by atoms with van der Waals surface area (Å²) in [7, 11) is 1.64. The van der Waals surface area contributed by atoms with Gasteiger partial charge in [-0.25, -0.2) is 4.68 Å². The summed E-state index contributed by atoms with van der Waals surface area (Å²) in [4.78, 5) is 0. The van der Waals surface area contributed by atoms with Crippen molar-refractivity contribution < 1.29 is 9.84 Å². The van der Waals surface area contributed by atoms with E-state index >= 15 is 0 Å². The van der Waals surface area contributed by atoms with Crippen LogP contribution in [-0.4, -0.2) is 22.0 Å². The lowest BCUT2D eigenvalue weighted by molar-refractivity contribution is 0.408. The molecule has 0 saturated heterocycles. The maximum absolute atomic E-state index is 9.57. The molecule has 2 rings (SSSR count). The smallest absolute Gasteiger partial charge is 0.209 e. The Morgan fingerprint density at radius 2 is 2.00 bits per heavy atom. The quantitative estimate of drug-likeness (QED) is 0.856. The highest BCUT2D eigenvalue weighted by atomic mass is 16.5. The number of hydrogen-bond donors (Lipinski definition) is 1. The normalized spacial score (nSPS) is 10.4. The second-order valence-electron chi connectivity index (χ2n) is 3.65. The average molecular weight is 218 g/mol. The van der Waals surface area contributed by atoms with E-state index in [2.05, 4.69) is 5.10 Å². The topological polar surface area (TPSA) is 47.3 Å². The van der Waals surface area contributed by atoms with Gasteiger partial charge in [-0.1, -0.05) is 12.1 Å². The van der Waals surface area contributed by atoms with Crippen LogP contribution in [0.5, 0.6) is 11.6 Å². The molecule has 16 heavy (non-hydrogen) atoms. The molecule has 0 bridgehead atoms. The Morgan fingerprint density at radius 1 is 1.31 bits per heavy atom. The van der Waals surface area contributed by atoms with E-state index in [0.717, 1.165) is 17.0 Å². The second-order valence-corrected chi connectivity index (χ2v) is 3.65. The molecular weight excluding hydrogens is 204 g/mol. The Hall–Kier alpha value is -1.97. The van der Waals surface area contributed by atoms with Crippen LogP contribution in [0.4, 0.5) is 0 Å². The summed E-state index contributed by atoms with van der Waals surface area (Å²) in [5, 5.41) is 13.8. The van der Waals surface area contributed by atoms with Gasteiger partial charge in [0.1, 0.15) is 5.75 Å². The number of aromatic nitrogens is 2. The van der Waals surface area contributed by atoms with Gasteiger partial charge in [0.15, 0.2) is 0 Å². The predicted octanol–water partition coefficient (Wildman–Crippen LogP) is 1.95. The average Bonchev–Trinajstić information content (AvgIpc) is 2.59. The third-order valence-corrected chi connectivity index (χ3v) is 2.37. The van der Waals surface area contributed by atoms with Gasteiger partial charge in [0, 0.05) is 6.07 Å². The van der Waals surface area contributed by atoms with E-state index in [1.807, 2.05) is 31.2 Å². The van der Waals surface area contributed by atoms with Crippen LogP contribution < -0.4 is 4.74 Å². The van der Waals surface area contributed by atoms with E-state index in [9.17, 15) is 5.11 Å². The largest absolute Gasteiger partial charge is 0.497 e. The molecule has 2 aromatic rings. The van der Waals surface area contributed by atoms with E-state index in [1.54, 1.807) is 17.9 Å². The molecule has 0 aliphatic carbocycles. The lowest BCUT2D eigenvalue weighted by Crippen LogP contribution is -2.01. The van der Waals surface area contributed by atoms with E-state index in [-0.39, 0.29) is 5.88 Å². The fourth-order valence-electron chi connectivity index (χ4n) is 1.55. The lowest BCUT2D eigenvalue weighted by Gasteiger charge is -2.04. The molecule has 4 heteroatoms. The molecule has 0 saturated carbocycles. The second kappa shape index (κ2) is 4.26. The summed E-state index contributed by atoms with van der Waals surface area (Å²) < 4.78 is 6.64. The number of rotatable bonds is 3. The van der Waals surface area contributed by atoms with Gasteiger partial charge in [-0.05, 0) is 24.6 Å². The first-order chi connectivity index (χ1) is 7.69. The van der Waals surface area contributed by atoms with Crippen LogP contribution in [0, 0.1) is 6.92 Å². The van der Waals surface area contributed by atoms with Crippen LogP contribution in [0.15, 0.2) is 30.3 Å². The minimum atomic E-state index is 0.188. The standard InChI is InChI=1S/C12H14N2O2/c1-9-7-12(15)14(13-9)8-10-3-5-11(16-2)6-4-10/h3-7,15H,8H2,1-2H3. The molecule has 0 radical (unpaired) electrons. The number of aryl methyl sites for hydroxylation is 1. The van der Waals surface area contributed by atoms with Gasteiger partial charge in [0.25, 0.3) is 0 Å². The van der Waals surface area contributed by atoms with Crippen molar-refractivity contribution in [2.45, 2.75) is 13.5 Å². The summed E-state index contributed by atoms with van der Waals surface area (Å²) in [6.45, 7) is 2.41. The maximum Gasteiger partial charge on any atom is 0.209 e. The first-order valence-corrected chi connectivity index (χ1v) is 5.05. The zero-order valence-electron chi connectivity index (χ0n) is 9.34. The van der Waals surface area contributed by atoms with E-state index in [4.69, 9.17) is 4.74 Å². The van der Waals surface area contributed by atoms with Gasteiger partial charge in [-0.2, -0.15) is 5.10 Å². The van der Waals surface area contributed by atoms with Crippen molar-refractivity contribution in [1.82, 2.24) is 9.78 Å². The Balaban J connectivity index is 2.17. The fourth-order valence-corrected chi connectivity index (χ4v) is 1.55. The van der Waals surface area contributed by atoms with Crippen molar-refractivity contribution in [2.75, 3.05) is 7.11 Å². The fraction of sp³-hybridized carbons (Fsp3) is 0.250. The van der Waals surface area contributed by atoms with Crippen molar-refractivity contribution in [3.63, 3.8) is 0 Å². The van der Waals surface area contributed by atoms with Gasteiger partial charge < -0.3 is 9.84 Å². The summed E-state index contributed by atoms with van der Waals surface area (Å²) in [5.74, 6) is 1.01. The molecule has 1 aromatic heterocycles. The van der Waals surface area contributed by atoms with Crippen LogP contribution in [0.25, 0.3) is 0 Å². The number of nitrogens with zero attached hydrogens (tertiary/aromatic N) is 2. The molecule has 4 nitrogen and oxygen atoms in total. The van der Waals surface area contributed by atoms with Crippen LogP contribution >= 0.6 is 0 Å². The molecule has 0 aliphatic rings. The third-order valence-electron chi connectivity index (χ3n) is 2.37. The summed E-state index contributed by atoms with van der Waals surface area (Å²) in [5.41, 5.74) is 1.88. The van der Waals surface area contributed by atoms with E-state index < -0.39 is 0 Å². The Labute approximate surface area is 94.1 Å². The van der Waals surface area contributed by atoms with Crippen molar-refractivity contribution in [3.8, 4) is 11.6 Å². The molecule has 84 valence electrons. The maximum atomic E-state index is 9.57. The Kier molecular flexibility index (Phi) is 2.81. The predicted molar refractivity (Wildman–Crippen MR) is 60.7 cm³/mol. The SMILES string of the molecule is COc1ccc(Cn2nc(C)cc2O)cc1.